The van der Waals surface area contributed by atoms with E-state index in [9.17, 15) is 0 Å². The molecule has 0 unspecified atom stereocenters. The summed E-state index contributed by atoms with van der Waals surface area (Å²) in [6, 6.07) is 0. The van der Waals surface area contributed by atoms with Crippen molar-refractivity contribution >= 4 is 57.3 Å². The van der Waals surface area contributed by atoms with Crippen LogP contribution in [0, 0.1) is 0 Å². The molecule has 0 aliphatic carbocycles. The Balaban J connectivity index is 0. The fourth-order valence-corrected chi connectivity index (χ4v) is 0. The summed E-state index contributed by atoms with van der Waals surface area (Å²) in [5.74, 6) is 0. The monoisotopic (exact) mass is 209 g/mol. The first-order valence-electron chi connectivity index (χ1n) is 0. The largest absolute Gasteiger partial charge is 2.00 e. The van der Waals surface area contributed by atoms with Crippen LogP contribution in [0.2, 0.25) is 0 Å². The summed E-state index contributed by atoms with van der Waals surface area (Å²) in [6.07, 6.45) is 0. The molecule has 0 aromatic carbocycles. The average molecular weight is 208 g/mol. The van der Waals surface area contributed by atoms with Gasteiger partial charge in [-0.1, -0.05) is 0 Å². The van der Waals surface area contributed by atoms with E-state index in [4.69, 9.17) is 0 Å². The van der Waals surface area contributed by atoms with Gasteiger partial charge in [-0.15, -0.1) is 0 Å². The fraction of sp³-hybridized carbons (Fsp3) is 0. The molecular formula is H2BBaLiV. The van der Waals surface area contributed by atoms with Crippen LogP contribution >= 0.6 is 0 Å². The molecule has 0 saturated heterocycles. The number of hydrogen-bond donors (Lipinski definition) is 0. The maximum Gasteiger partial charge on any atom is 2.00 e. The summed E-state index contributed by atoms with van der Waals surface area (Å²) < 4.78 is 0. The van der Waals surface area contributed by atoms with E-state index in [1.807, 2.05) is 0 Å². The molecule has 0 heterocycles. The van der Waals surface area contributed by atoms with E-state index < -0.39 is 0 Å². The Morgan fingerprint density at radius 3 is 1.25 bits per heavy atom. The molecule has 0 bridgehead atoms. The van der Waals surface area contributed by atoms with Gasteiger partial charge in [-0.3, -0.25) is 0 Å². The van der Waals surface area contributed by atoms with Gasteiger partial charge in [-0.25, -0.2) is 0 Å². The first-order chi connectivity index (χ1) is 0. The Hall–Kier alpha value is 2.82. The van der Waals surface area contributed by atoms with Crippen LogP contribution in [0.1, 0.15) is 2.85 Å². The quantitative estimate of drug-likeness (QED) is 0.362. The molecule has 4 heavy (non-hydrogen) atoms. The van der Waals surface area contributed by atoms with Crippen LogP contribution in [0.5, 0.6) is 0 Å². The van der Waals surface area contributed by atoms with Crippen molar-refractivity contribution in [3.63, 3.8) is 0 Å². The van der Waals surface area contributed by atoms with Crippen LogP contribution in [0.15, 0.2) is 0 Å². The van der Waals surface area contributed by atoms with Gasteiger partial charge >= 0.3 is 67.7 Å². The molecule has 5 radical (unpaired) electrons. The Morgan fingerprint density at radius 2 is 1.25 bits per heavy atom. The SMILES string of the molecule is [B-].[Ba+2].[H-].[H-].[Li+].[V]. The summed E-state index contributed by atoms with van der Waals surface area (Å²) in [7, 11) is 0. The van der Waals surface area contributed by atoms with Crippen LogP contribution in [0.25, 0.3) is 0 Å². The van der Waals surface area contributed by atoms with Gasteiger partial charge in [-0.05, 0) is 0 Å². The zero-order chi connectivity index (χ0) is 0. The van der Waals surface area contributed by atoms with Gasteiger partial charge in [0.05, 0.1) is 0 Å². The van der Waals surface area contributed by atoms with E-state index in [1.165, 1.54) is 0 Å². The van der Waals surface area contributed by atoms with Crippen molar-refractivity contribution in [1.29, 1.82) is 0 Å². The van der Waals surface area contributed by atoms with Crippen molar-refractivity contribution in [3.05, 3.63) is 0 Å². The van der Waals surface area contributed by atoms with Gasteiger partial charge in [0.15, 0.2) is 0 Å². The molecule has 0 fully saturated rings. The van der Waals surface area contributed by atoms with Crippen molar-refractivity contribution in [2.45, 2.75) is 0 Å². The Kier molecular flexibility index (Phi) is 124. The van der Waals surface area contributed by atoms with Crippen molar-refractivity contribution in [2.24, 2.45) is 0 Å². The topological polar surface area (TPSA) is 0 Å². The third-order valence-electron chi connectivity index (χ3n) is 0. The van der Waals surface area contributed by atoms with Gasteiger partial charge in [0.2, 0.25) is 0 Å². The third kappa shape index (κ3) is 8.84. The normalized spacial score (nSPS) is 0. The average Bonchev–Trinajstić information content (AvgIpc) is 0. The molecule has 0 spiro atoms. The van der Waals surface area contributed by atoms with Gasteiger partial charge < -0.3 is 11.3 Å². The van der Waals surface area contributed by atoms with Crippen LogP contribution in [-0.4, -0.2) is 57.3 Å². The molecule has 0 amide bonds. The van der Waals surface area contributed by atoms with E-state index in [0.29, 0.717) is 0 Å². The molecule has 0 nitrogen and oxygen atoms in total. The van der Waals surface area contributed by atoms with Crippen LogP contribution in [0.3, 0.4) is 0 Å². The van der Waals surface area contributed by atoms with Crippen molar-refractivity contribution in [1.82, 2.24) is 0 Å². The molecule has 0 saturated carbocycles. The molecule has 13 valence electrons. The van der Waals surface area contributed by atoms with Crippen molar-refractivity contribution in [3.8, 4) is 0 Å². The maximum absolute atomic E-state index is 0. The number of rotatable bonds is 0. The van der Waals surface area contributed by atoms with E-state index in [0.717, 1.165) is 0 Å². The molecule has 0 aliphatic rings. The minimum Gasteiger partial charge on any atom is -1.00 e. The van der Waals surface area contributed by atoms with E-state index in [-0.39, 0.29) is 97.6 Å². The predicted octanol–water partition coefficient (Wildman–Crippen LogP) is -3.54. The first-order valence-corrected chi connectivity index (χ1v) is 0. The smallest absolute Gasteiger partial charge is 1.00 e. The molecule has 4 heteroatoms. The van der Waals surface area contributed by atoms with E-state index >= 15 is 0 Å². The summed E-state index contributed by atoms with van der Waals surface area (Å²) in [5.41, 5.74) is 0. The van der Waals surface area contributed by atoms with Crippen LogP contribution in [0.4, 0.5) is 0 Å². The van der Waals surface area contributed by atoms with E-state index in [1.54, 1.807) is 0 Å². The molecule has 0 aromatic rings. The van der Waals surface area contributed by atoms with Gasteiger partial charge in [0.25, 0.3) is 0 Å². The zero-order valence-electron chi connectivity index (χ0n) is 4.73. The van der Waals surface area contributed by atoms with Gasteiger partial charge in [-0.2, -0.15) is 0 Å². The second-order valence-electron chi connectivity index (χ2n) is 0. The molecule has 0 aromatic heterocycles. The van der Waals surface area contributed by atoms with Gasteiger partial charge in [0.1, 0.15) is 0 Å². The van der Waals surface area contributed by atoms with Crippen molar-refractivity contribution in [2.75, 3.05) is 0 Å². The van der Waals surface area contributed by atoms with Crippen LogP contribution < -0.4 is 18.9 Å². The standard InChI is InChI=1S/B.Ba.Li.V.2H/q-1;+2;+1;;2*-1. The molecule has 0 aliphatic heterocycles. The minimum atomic E-state index is 0. The summed E-state index contributed by atoms with van der Waals surface area (Å²) in [4.78, 5) is 0. The molecule has 0 rings (SSSR count). The maximum atomic E-state index is 0. The molecular weight excluding hydrogens is 206 g/mol. The Labute approximate surface area is 95.5 Å². The first kappa shape index (κ1) is 29.1. The number of hydrogen-bond acceptors (Lipinski definition) is 0. The predicted molar refractivity (Wildman–Crippen MR) is 13.7 cm³/mol. The molecule has 0 N–H and O–H groups in total. The van der Waals surface area contributed by atoms with Crippen LogP contribution in [-0.2, 0) is 18.6 Å². The summed E-state index contributed by atoms with van der Waals surface area (Å²) in [6.45, 7) is 0. The minimum absolute atomic E-state index is 0. The molecule has 0 atom stereocenters. The van der Waals surface area contributed by atoms with E-state index in [2.05, 4.69) is 0 Å². The summed E-state index contributed by atoms with van der Waals surface area (Å²) >= 11 is 0. The third-order valence-corrected chi connectivity index (χ3v) is 0. The second kappa shape index (κ2) is 17.0. The van der Waals surface area contributed by atoms with Gasteiger partial charge in [0, 0.05) is 18.6 Å². The fourth-order valence-electron chi connectivity index (χ4n) is 0. The zero-order valence-corrected chi connectivity index (χ0v) is 8.57. The summed E-state index contributed by atoms with van der Waals surface area (Å²) in [5, 5.41) is 0. The Bertz CT molecular complexity index is 13.5. The Morgan fingerprint density at radius 1 is 1.25 bits per heavy atom. The van der Waals surface area contributed by atoms with Crippen molar-refractivity contribution < 1.29 is 40.3 Å². The second-order valence-corrected chi connectivity index (χ2v) is 0.